The molecule has 4 aromatic carbocycles. The zero-order chi connectivity index (χ0) is 16.3. The monoisotopic (exact) mass is 308 g/mol. The molecule has 0 heterocycles. The highest BCUT2D eigenvalue weighted by molar-refractivity contribution is 6.54. The van der Waals surface area contributed by atoms with Crippen molar-refractivity contribution in [3.05, 3.63) is 83.9 Å². The molecule has 0 N–H and O–H groups in total. The van der Waals surface area contributed by atoms with Gasteiger partial charge in [0.05, 0.1) is 0 Å². The highest BCUT2D eigenvalue weighted by Crippen LogP contribution is 2.41. The molecule has 112 valence electrons. The maximum Gasteiger partial charge on any atom is 0.234 e. The van der Waals surface area contributed by atoms with Crippen LogP contribution in [0.5, 0.6) is 0 Å². The minimum atomic E-state index is -0.419. The van der Waals surface area contributed by atoms with Gasteiger partial charge in [0.2, 0.25) is 11.6 Å². The summed E-state index contributed by atoms with van der Waals surface area (Å²) in [5, 5.41) is 4.34. The second kappa shape index (κ2) is 4.62. The van der Waals surface area contributed by atoms with Crippen LogP contribution < -0.4 is 0 Å². The Hall–Kier alpha value is -3.26. The first kappa shape index (κ1) is 13.2. The molecule has 0 saturated heterocycles. The Labute approximate surface area is 138 Å². The van der Waals surface area contributed by atoms with Crippen molar-refractivity contribution in [2.45, 2.75) is 0 Å². The summed E-state index contributed by atoms with van der Waals surface area (Å²) < 4.78 is 0. The Bertz CT molecular complexity index is 1190. The van der Waals surface area contributed by atoms with Gasteiger partial charge in [0, 0.05) is 16.7 Å². The first-order chi connectivity index (χ1) is 11.8. The van der Waals surface area contributed by atoms with Gasteiger partial charge in [-0.3, -0.25) is 9.59 Å². The Morgan fingerprint density at radius 3 is 2.00 bits per heavy atom. The normalized spacial score (nSPS) is 13.2. The minimum Gasteiger partial charge on any atom is -0.285 e. The van der Waals surface area contributed by atoms with E-state index in [1.54, 1.807) is 18.2 Å². The molecule has 0 bridgehead atoms. The predicted octanol–water partition coefficient (Wildman–Crippen LogP) is 5.04. The van der Waals surface area contributed by atoms with Gasteiger partial charge < -0.3 is 0 Å². The third-order valence-corrected chi connectivity index (χ3v) is 4.80. The number of Topliss-reactive ketones (excluding diaryl/α,β-unsaturated/α-hetero) is 2. The van der Waals surface area contributed by atoms with Gasteiger partial charge in [0.15, 0.2) is 0 Å². The molecule has 0 amide bonds. The average molecular weight is 308 g/mol. The van der Waals surface area contributed by atoms with Gasteiger partial charge in [-0.25, -0.2) is 0 Å². The summed E-state index contributed by atoms with van der Waals surface area (Å²) in [6.07, 6.45) is 0. The van der Waals surface area contributed by atoms with E-state index in [2.05, 4.69) is 24.3 Å². The van der Waals surface area contributed by atoms with Crippen LogP contribution in [0.2, 0.25) is 0 Å². The van der Waals surface area contributed by atoms with Crippen LogP contribution in [0.3, 0.4) is 0 Å². The van der Waals surface area contributed by atoms with Crippen LogP contribution in [0.25, 0.3) is 32.7 Å². The number of hydrogen-bond donors (Lipinski definition) is 0. The lowest BCUT2D eigenvalue weighted by molar-refractivity contribution is 0.0815. The fourth-order valence-corrected chi connectivity index (χ4v) is 3.71. The first-order valence-electron chi connectivity index (χ1n) is 7.88. The molecule has 0 spiro atoms. The molecule has 2 nitrogen and oxygen atoms in total. The number of benzene rings is 4. The van der Waals surface area contributed by atoms with Crippen LogP contribution in [0.4, 0.5) is 0 Å². The van der Waals surface area contributed by atoms with Gasteiger partial charge in [0.25, 0.3) is 0 Å². The van der Waals surface area contributed by atoms with Crippen LogP contribution in [0, 0.1) is 0 Å². The molecule has 1 aliphatic rings. The lowest BCUT2D eigenvalue weighted by Gasteiger charge is -2.20. The van der Waals surface area contributed by atoms with E-state index in [0.717, 1.165) is 32.7 Å². The van der Waals surface area contributed by atoms with Crippen molar-refractivity contribution in [3.63, 3.8) is 0 Å². The predicted molar refractivity (Wildman–Crippen MR) is 95.6 cm³/mol. The van der Waals surface area contributed by atoms with Crippen molar-refractivity contribution < 1.29 is 9.59 Å². The molecule has 5 rings (SSSR count). The molecule has 2 heteroatoms. The van der Waals surface area contributed by atoms with Gasteiger partial charge in [-0.1, -0.05) is 66.7 Å². The maximum absolute atomic E-state index is 12.6. The van der Waals surface area contributed by atoms with Gasteiger partial charge in [0.1, 0.15) is 0 Å². The molecule has 1 aliphatic carbocycles. The Kier molecular flexibility index (Phi) is 2.54. The molecule has 0 aliphatic heterocycles. The van der Waals surface area contributed by atoms with Gasteiger partial charge in [-0.15, -0.1) is 0 Å². The van der Waals surface area contributed by atoms with E-state index in [9.17, 15) is 9.59 Å². The number of fused-ring (bicyclic) bond motifs is 7. The average Bonchev–Trinajstić information content (AvgIpc) is 2.65. The van der Waals surface area contributed by atoms with Crippen molar-refractivity contribution in [2.24, 2.45) is 0 Å². The molecule has 0 saturated carbocycles. The van der Waals surface area contributed by atoms with E-state index in [0.29, 0.717) is 11.1 Å². The molecular weight excluding hydrogens is 296 g/mol. The van der Waals surface area contributed by atoms with Crippen LogP contribution in [0.15, 0.2) is 72.8 Å². The highest BCUT2D eigenvalue weighted by atomic mass is 16.2. The number of carbonyl (C=O) groups is 2. The molecule has 24 heavy (non-hydrogen) atoms. The Morgan fingerprint density at radius 2 is 1.12 bits per heavy atom. The van der Waals surface area contributed by atoms with Crippen molar-refractivity contribution in [3.8, 4) is 11.1 Å². The summed E-state index contributed by atoms with van der Waals surface area (Å²) in [5.41, 5.74) is 2.72. The largest absolute Gasteiger partial charge is 0.285 e. The second-order valence-electron chi connectivity index (χ2n) is 6.08. The quantitative estimate of drug-likeness (QED) is 0.337. The Balaban J connectivity index is 2.07. The molecule has 4 aromatic rings. The standard InChI is InChI=1S/C22H12O2/c23-21-17-8-4-3-7-16(17)20-18(22(21)24)12-11-14-10-9-13-5-1-2-6-15(13)19(14)20/h1-12H. The SMILES string of the molecule is O=C1C(=O)c2ccc3ccc4ccccc4c3c2-c2ccccc21. The summed E-state index contributed by atoms with van der Waals surface area (Å²) in [6.45, 7) is 0. The van der Waals surface area contributed by atoms with E-state index >= 15 is 0 Å². The lowest BCUT2D eigenvalue weighted by atomic mass is 9.80. The van der Waals surface area contributed by atoms with E-state index < -0.39 is 11.6 Å². The van der Waals surface area contributed by atoms with Gasteiger partial charge in [-0.05, 0) is 33.2 Å². The zero-order valence-electron chi connectivity index (χ0n) is 12.7. The summed E-state index contributed by atoms with van der Waals surface area (Å²) in [6, 6.07) is 23.4. The highest BCUT2D eigenvalue weighted by Gasteiger charge is 2.31. The van der Waals surface area contributed by atoms with E-state index in [1.807, 2.05) is 30.3 Å². The topological polar surface area (TPSA) is 34.1 Å². The molecular formula is C22H12O2. The number of carbonyl (C=O) groups excluding carboxylic acids is 2. The molecule has 0 atom stereocenters. The van der Waals surface area contributed by atoms with Crippen molar-refractivity contribution in [2.75, 3.05) is 0 Å². The van der Waals surface area contributed by atoms with E-state index in [4.69, 9.17) is 0 Å². The number of rotatable bonds is 0. The summed E-state index contributed by atoms with van der Waals surface area (Å²) in [7, 11) is 0. The van der Waals surface area contributed by atoms with Gasteiger partial charge in [-0.2, -0.15) is 0 Å². The minimum absolute atomic E-state index is 0.418. The molecule has 0 unspecified atom stereocenters. The fraction of sp³-hybridized carbons (Fsp3) is 0. The van der Waals surface area contributed by atoms with E-state index in [1.165, 1.54) is 0 Å². The van der Waals surface area contributed by atoms with Gasteiger partial charge >= 0.3 is 0 Å². The van der Waals surface area contributed by atoms with Crippen molar-refractivity contribution in [1.29, 1.82) is 0 Å². The van der Waals surface area contributed by atoms with Crippen molar-refractivity contribution >= 4 is 33.1 Å². The third-order valence-electron chi connectivity index (χ3n) is 4.80. The number of ketones is 2. The number of hydrogen-bond acceptors (Lipinski definition) is 2. The fourth-order valence-electron chi connectivity index (χ4n) is 3.71. The zero-order valence-corrected chi connectivity index (χ0v) is 12.7. The lowest BCUT2D eigenvalue weighted by Crippen LogP contribution is -2.21. The second-order valence-corrected chi connectivity index (χ2v) is 6.08. The van der Waals surface area contributed by atoms with Crippen LogP contribution in [-0.2, 0) is 0 Å². The molecule has 0 radical (unpaired) electrons. The van der Waals surface area contributed by atoms with Crippen LogP contribution in [-0.4, -0.2) is 11.6 Å². The van der Waals surface area contributed by atoms with E-state index in [-0.39, 0.29) is 0 Å². The maximum atomic E-state index is 12.6. The van der Waals surface area contributed by atoms with Crippen LogP contribution in [0.1, 0.15) is 20.7 Å². The Morgan fingerprint density at radius 1 is 0.500 bits per heavy atom. The van der Waals surface area contributed by atoms with Crippen LogP contribution >= 0.6 is 0 Å². The molecule has 0 aromatic heterocycles. The smallest absolute Gasteiger partial charge is 0.234 e. The van der Waals surface area contributed by atoms with Crippen molar-refractivity contribution in [1.82, 2.24) is 0 Å². The third kappa shape index (κ3) is 1.60. The first-order valence-corrected chi connectivity index (χ1v) is 7.88. The summed E-state index contributed by atoms with van der Waals surface area (Å²) in [5.74, 6) is -0.837. The summed E-state index contributed by atoms with van der Waals surface area (Å²) >= 11 is 0. The molecule has 0 fully saturated rings. The summed E-state index contributed by atoms with van der Waals surface area (Å²) in [4.78, 5) is 25.0.